The second-order valence-electron chi connectivity index (χ2n) is 4.79. The van der Waals surface area contributed by atoms with Gasteiger partial charge in [0.2, 0.25) is 0 Å². The summed E-state index contributed by atoms with van der Waals surface area (Å²) in [5, 5.41) is 7.57. The van der Waals surface area contributed by atoms with E-state index in [-0.39, 0.29) is 6.61 Å². The molecule has 5 nitrogen and oxygen atoms in total. The molecule has 29 heavy (non-hydrogen) atoms. The molecule has 0 aliphatic heterocycles. The number of benzene rings is 1. The summed E-state index contributed by atoms with van der Waals surface area (Å²) in [6.45, 7) is 1.93. The molecular formula is C20H22Cl3N2O3Ru. The number of aldehydes is 1. The van der Waals surface area contributed by atoms with Gasteiger partial charge in [0.15, 0.2) is 0 Å². The van der Waals surface area contributed by atoms with Crippen molar-refractivity contribution in [2.45, 2.75) is 6.92 Å². The molecule has 0 fully saturated rings. The fourth-order valence-corrected chi connectivity index (χ4v) is 1.71. The number of carbonyl (C=O) groups is 1. The van der Waals surface area contributed by atoms with E-state index in [0.29, 0.717) is 5.56 Å². The van der Waals surface area contributed by atoms with Crippen molar-refractivity contribution in [1.82, 2.24) is 9.97 Å². The van der Waals surface area contributed by atoms with Crippen molar-refractivity contribution < 1.29 is 27.6 Å². The predicted octanol–water partition coefficient (Wildman–Crippen LogP) is 5.72. The van der Waals surface area contributed by atoms with Gasteiger partial charge in [0, 0.05) is 24.6 Å². The zero-order valence-corrected chi connectivity index (χ0v) is 19.9. The van der Waals surface area contributed by atoms with Crippen molar-refractivity contribution in [2.24, 2.45) is 0 Å². The quantitative estimate of drug-likeness (QED) is 0.337. The van der Waals surface area contributed by atoms with Crippen LogP contribution in [0.2, 0.25) is 0 Å². The predicted molar refractivity (Wildman–Crippen MR) is 116 cm³/mol. The minimum absolute atomic E-state index is 0.250. The van der Waals surface area contributed by atoms with Crippen LogP contribution in [0.3, 0.4) is 0 Å². The third kappa shape index (κ3) is 15.0. The van der Waals surface area contributed by atoms with Crippen LogP contribution in [0.1, 0.15) is 17.3 Å². The molecule has 0 aliphatic rings. The van der Waals surface area contributed by atoms with Crippen molar-refractivity contribution in [1.29, 1.82) is 0 Å². The molecule has 1 aromatic carbocycles. The van der Waals surface area contributed by atoms with Gasteiger partial charge in [0.25, 0.3) is 0 Å². The zero-order valence-electron chi connectivity index (χ0n) is 15.9. The summed E-state index contributed by atoms with van der Waals surface area (Å²) in [6, 6.07) is 18.5. The number of rotatable bonds is 3. The molecule has 0 unspecified atom stereocenters. The molecule has 0 saturated carbocycles. The summed E-state index contributed by atoms with van der Waals surface area (Å²) < 4.78 is 4.90. The number of pyridine rings is 2. The SMILES string of the molecule is CCO.COc1ccc(C=O)cc1.[Cl][Ru]([Cl])[Cl].c1ccc(-c2ccccn2)nc1. The molecule has 159 valence electrons. The van der Waals surface area contributed by atoms with E-state index in [1.165, 1.54) is 0 Å². The maximum atomic E-state index is 10.2. The third-order valence-electron chi connectivity index (χ3n) is 2.84. The number of aliphatic hydroxyl groups excluding tert-OH is 1. The maximum Gasteiger partial charge on any atom is 0.0886 e. The van der Waals surface area contributed by atoms with E-state index >= 15 is 0 Å². The Kier molecular flexibility index (Phi) is 17.5. The number of methoxy groups -OCH3 is 1. The van der Waals surface area contributed by atoms with Gasteiger partial charge in [-0.25, -0.2) is 0 Å². The molecule has 0 aliphatic carbocycles. The number of halogens is 3. The van der Waals surface area contributed by atoms with Gasteiger partial charge in [-0.1, -0.05) is 12.1 Å². The van der Waals surface area contributed by atoms with Gasteiger partial charge in [-0.2, -0.15) is 0 Å². The number of hydrogen-bond donors (Lipinski definition) is 1. The Balaban J connectivity index is 0.000000417. The van der Waals surface area contributed by atoms with Gasteiger partial charge in [-0.05, 0) is 55.5 Å². The van der Waals surface area contributed by atoms with Gasteiger partial charge in [-0.15, -0.1) is 0 Å². The van der Waals surface area contributed by atoms with Gasteiger partial charge >= 0.3 is 42.1 Å². The summed E-state index contributed by atoms with van der Waals surface area (Å²) in [5.74, 6) is 0.769. The Morgan fingerprint density at radius 2 is 1.34 bits per heavy atom. The molecule has 1 N–H and O–H groups in total. The average Bonchev–Trinajstić information content (AvgIpc) is 2.76. The van der Waals surface area contributed by atoms with Crippen molar-refractivity contribution in [3.05, 3.63) is 78.6 Å². The molecule has 0 radical (unpaired) electrons. The Morgan fingerprint density at radius 3 is 1.62 bits per heavy atom. The topological polar surface area (TPSA) is 72.3 Å². The summed E-state index contributed by atoms with van der Waals surface area (Å²) >= 11 is -1.75. The Hall–Kier alpha value is -1.56. The summed E-state index contributed by atoms with van der Waals surface area (Å²) in [6.07, 6.45) is 4.34. The fraction of sp³-hybridized carbons (Fsp3) is 0.150. The van der Waals surface area contributed by atoms with Crippen LogP contribution in [0.4, 0.5) is 0 Å². The molecule has 3 aromatic rings. The number of hydrogen-bond acceptors (Lipinski definition) is 5. The second-order valence-corrected chi connectivity index (χ2v) is 12.7. The van der Waals surface area contributed by atoms with Crippen LogP contribution in [0.5, 0.6) is 5.75 Å². The fourth-order valence-electron chi connectivity index (χ4n) is 1.71. The van der Waals surface area contributed by atoms with Gasteiger partial charge in [-0.3, -0.25) is 14.8 Å². The minimum atomic E-state index is -1.75. The third-order valence-corrected chi connectivity index (χ3v) is 2.84. The first kappa shape index (κ1) is 27.4. The molecular weight excluding hydrogens is 524 g/mol. The van der Waals surface area contributed by atoms with Crippen LogP contribution in [0.15, 0.2) is 73.1 Å². The number of carbonyl (C=O) groups excluding carboxylic acids is 1. The number of nitrogens with zero attached hydrogens (tertiary/aromatic N) is 2. The first-order chi connectivity index (χ1) is 14.0. The van der Waals surface area contributed by atoms with E-state index in [9.17, 15) is 4.79 Å². The molecule has 0 amide bonds. The van der Waals surface area contributed by atoms with Crippen LogP contribution in [0.25, 0.3) is 11.4 Å². The van der Waals surface area contributed by atoms with Gasteiger partial charge < -0.3 is 9.84 Å². The van der Waals surface area contributed by atoms with E-state index < -0.39 is 13.0 Å². The van der Waals surface area contributed by atoms with Crippen LogP contribution >= 0.6 is 29.1 Å². The van der Waals surface area contributed by atoms with E-state index in [2.05, 4.69) is 9.97 Å². The second kappa shape index (κ2) is 18.5. The van der Waals surface area contributed by atoms with E-state index in [1.54, 1.807) is 50.7 Å². The van der Waals surface area contributed by atoms with Crippen LogP contribution < -0.4 is 4.74 Å². The normalized spacial score (nSPS) is 9.24. The van der Waals surface area contributed by atoms with Crippen molar-refractivity contribution in [3.63, 3.8) is 0 Å². The summed E-state index contributed by atoms with van der Waals surface area (Å²) in [4.78, 5) is 18.5. The molecule has 9 heteroatoms. The monoisotopic (exact) mass is 545 g/mol. The smallest absolute Gasteiger partial charge is 0.0886 e. The molecule has 0 bridgehead atoms. The molecule has 3 rings (SSSR count). The molecule has 0 saturated heterocycles. The average molecular weight is 546 g/mol. The summed E-state index contributed by atoms with van der Waals surface area (Å²) in [5.41, 5.74) is 2.50. The molecule has 2 aromatic heterocycles. The Bertz CT molecular complexity index is 725. The van der Waals surface area contributed by atoms with Crippen LogP contribution in [0, 0.1) is 0 Å². The minimum Gasteiger partial charge on any atom is -0.255 e. The maximum absolute atomic E-state index is 10.2. The van der Waals surface area contributed by atoms with Crippen LogP contribution in [-0.4, -0.2) is 35.1 Å². The molecule has 0 atom stereocenters. The van der Waals surface area contributed by atoms with E-state index in [4.69, 9.17) is 38.9 Å². The number of ether oxygens (including phenoxy) is 1. The van der Waals surface area contributed by atoms with Crippen molar-refractivity contribution >= 4 is 35.4 Å². The van der Waals surface area contributed by atoms with E-state index in [0.717, 1.165) is 23.4 Å². The van der Waals surface area contributed by atoms with Crippen molar-refractivity contribution in [2.75, 3.05) is 13.7 Å². The summed E-state index contributed by atoms with van der Waals surface area (Å²) in [7, 11) is 16.4. The first-order valence-electron chi connectivity index (χ1n) is 8.17. The van der Waals surface area contributed by atoms with Crippen molar-refractivity contribution in [3.8, 4) is 17.1 Å². The number of aliphatic hydroxyl groups is 1. The Labute approximate surface area is 188 Å². The van der Waals surface area contributed by atoms with Crippen LogP contribution in [-0.2, 0) is 13.0 Å². The zero-order chi connectivity index (χ0) is 21.9. The largest absolute Gasteiger partial charge is 0.255 e. The van der Waals surface area contributed by atoms with E-state index in [1.807, 2.05) is 36.4 Å². The molecule has 0 spiro atoms. The molecule has 2 heterocycles. The van der Waals surface area contributed by atoms with Gasteiger partial charge in [0.05, 0.1) is 18.5 Å². The standard InChI is InChI=1S/C10H8N2.C8H8O2.C2H6O.3ClH.Ru/c1-3-7-11-9(5-1)10-6-2-4-8-12-10;1-10-8-4-2-7(6-9)3-5-8;1-2-3;;;;/h1-8H;2-6H,1H3;3H,2H2,1H3;3*1H;/q;;;;;;+3/p-3. The Morgan fingerprint density at radius 1 is 0.931 bits per heavy atom. The van der Waals surface area contributed by atoms with Gasteiger partial charge in [0.1, 0.15) is 12.0 Å². The first-order valence-corrected chi connectivity index (χ1v) is 14.9. The number of aromatic nitrogens is 2.